The van der Waals surface area contributed by atoms with Gasteiger partial charge < -0.3 is 9.64 Å². The molecule has 0 saturated carbocycles. The van der Waals surface area contributed by atoms with Crippen molar-refractivity contribution in [3.8, 4) is 5.75 Å². The van der Waals surface area contributed by atoms with Gasteiger partial charge in [-0.25, -0.2) is 0 Å². The number of Topliss-reactive ketones (excluding diaryl/α,β-unsaturated/α-hetero) is 1. The van der Waals surface area contributed by atoms with E-state index in [2.05, 4.69) is 0 Å². The summed E-state index contributed by atoms with van der Waals surface area (Å²) >= 11 is 0. The van der Waals surface area contributed by atoms with Crippen LogP contribution in [0.25, 0.3) is 0 Å². The van der Waals surface area contributed by atoms with Crippen LogP contribution in [-0.4, -0.2) is 24.8 Å². The van der Waals surface area contributed by atoms with Gasteiger partial charge in [0.2, 0.25) is 0 Å². The molecule has 0 spiro atoms. The second-order valence-corrected chi connectivity index (χ2v) is 5.43. The van der Waals surface area contributed by atoms with Gasteiger partial charge in [-0.1, -0.05) is 24.3 Å². The highest BCUT2D eigenvalue weighted by Crippen LogP contribution is 2.33. The molecule has 4 heteroatoms. The maximum atomic E-state index is 12.2. The third kappa shape index (κ3) is 2.48. The third-order valence-electron chi connectivity index (χ3n) is 3.73. The maximum absolute atomic E-state index is 12.2. The molecule has 1 aliphatic heterocycles. The molecule has 3 rings (SSSR count). The molecule has 0 bridgehead atoms. The van der Waals surface area contributed by atoms with E-state index in [0.717, 1.165) is 22.6 Å². The zero-order valence-electron chi connectivity index (χ0n) is 12.6. The largest absolute Gasteiger partial charge is 0.492 e. The Hall–Kier alpha value is -2.62. The van der Waals surface area contributed by atoms with Gasteiger partial charge in [-0.05, 0) is 43.2 Å². The number of ether oxygens (including phenoxy) is 1. The lowest BCUT2D eigenvalue weighted by Crippen LogP contribution is -2.33. The lowest BCUT2D eigenvalue weighted by molar-refractivity contribution is -0.114. The van der Waals surface area contributed by atoms with Crippen LogP contribution in [0.3, 0.4) is 0 Å². The van der Waals surface area contributed by atoms with Crippen LogP contribution in [0.15, 0.2) is 42.5 Å². The Morgan fingerprint density at radius 2 is 1.77 bits per heavy atom. The van der Waals surface area contributed by atoms with E-state index < -0.39 is 11.7 Å². The van der Waals surface area contributed by atoms with E-state index in [0.29, 0.717) is 18.7 Å². The average Bonchev–Trinajstić information content (AvgIpc) is 2.74. The molecule has 2 aromatic rings. The number of aryl methyl sites for hydroxylation is 2. The first-order chi connectivity index (χ1) is 10.6. The van der Waals surface area contributed by atoms with Crippen LogP contribution in [0.2, 0.25) is 0 Å². The number of rotatable bonds is 4. The van der Waals surface area contributed by atoms with E-state index in [9.17, 15) is 9.59 Å². The fourth-order valence-corrected chi connectivity index (χ4v) is 2.82. The Morgan fingerprint density at radius 1 is 1.05 bits per heavy atom. The number of carbonyl (C=O) groups excluding carboxylic acids is 2. The molecule has 0 aliphatic carbocycles. The zero-order chi connectivity index (χ0) is 15.7. The fraction of sp³-hybridized carbons (Fsp3) is 0.222. The lowest BCUT2D eigenvalue weighted by Gasteiger charge is -2.19. The van der Waals surface area contributed by atoms with Crippen molar-refractivity contribution in [3.05, 3.63) is 59.2 Å². The molecule has 0 atom stereocenters. The summed E-state index contributed by atoms with van der Waals surface area (Å²) in [6.45, 7) is 4.54. The number of nitrogens with zero attached hydrogens (tertiary/aromatic N) is 1. The van der Waals surface area contributed by atoms with Crippen molar-refractivity contribution < 1.29 is 14.3 Å². The van der Waals surface area contributed by atoms with Crippen molar-refractivity contribution in [2.45, 2.75) is 13.8 Å². The molecule has 2 aromatic carbocycles. The molecular formula is C18H17NO3. The predicted molar refractivity (Wildman–Crippen MR) is 84.5 cm³/mol. The van der Waals surface area contributed by atoms with E-state index in [-0.39, 0.29) is 0 Å². The Morgan fingerprint density at radius 3 is 2.50 bits per heavy atom. The maximum Gasteiger partial charge on any atom is 0.299 e. The van der Waals surface area contributed by atoms with Crippen LogP contribution in [0.5, 0.6) is 5.75 Å². The molecule has 0 unspecified atom stereocenters. The molecule has 4 nitrogen and oxygen atoms in total. The highest BCUT2D eigenvalue weighted by atomic mass is 16.5. The summed E-state index contributed by atoms with van der Waals surface area (Å²) in [5, 5.41) is 0. The third-order valence-corrected chi connectivity index (χ3v) is 3.73. The minimum absolute atomic E-state index is 0.343. The van der Waals surface area contributed by atoms with Crippen molar-refractivity contribution in [2.24, 2.45) is 0 Å². The molecule has 1 heterocycles. The summed E-state index contributed by atoms with van der Waals surface area (Å²) in [5.41, 5.74) is 3.15. The van der Waals surface area contributed by atoms with Gasteiger partial charge in [0.1, 0.15) is 12.4 Å². The van der Waals surface area contributed by atoms with Crippen molar-refractivity contribution in [2.75, 3.05) is 18.1 Å². The van der Waals surface area contributed by atoms with Crippen molar-refractivity contribution in [1.29, 1.82) is 0 Å². The Kier molecular flexibility index (Phi) is 3.67. The highest BCUT2D eigenvalue weighted by molar-refractivity contribution is 6.52. The number of benzene rings is 2. The first-order valence-electron chi connectivity index (χ1n) is 7.23. The summed E-state index contributed by atoms with van der Waals surface area (Å²) in [4.78, 5) is 25.8. The van der Waals surface area contributed by atoms with E-state index in [4.69, 9.17) is 4.74 Å². The molecule has 0 radical (unpaired) electrons. The molecule has 22 heavy (non-hydrogen) atoms. The van der Waals surface area contributed by atoms with Crippen LogP contribution in [0, 0.1) is 13.8 Å². The molecule has 0 aromatic heterocycles. The standard InChI is InChI=1S/C18H17NO3/c1-12-10-13(2)16-15(11-12)17(20)18(21)19(16)8-9-22-14-6-4-3-5-7-14/h3-7,10-11H,8-9H2,1-2H3. The topological polar surface area (TPSA) is 46.6 Å². The van der Waals surface area contributed by atoms with Gasteiger partial charge in [-0.3, -0.25) is 9.59 Å². The first-order valence-corrected chi connectivity index (χ1v) is 7.23. The molecule has 0 N–H and O–H groups in total. The van der Waals surface area contributed by atoms with Crippen LogP contribution < -0.4 is 9.64 Å². The molecule has 1 amide bonds. The number of fused-ring (bicyclic) bond motifs is 1. The van der Waals surface area contributed by atoms with Gasteiger partial charge in [-0.2, -0.15) is 0 Å². The number of hydrogen-bond acceptors (Lipinski definition) is 3. The molecule has 112 valence electrons. The van der Waals surface area contributed by atoms with Gasteiger partial charge in [-0.15, -0.1) is 0 Å². The van der Waals surface area contributed by atoms with Gasteiger partial charge in [0.15, 0.2) is 0 Å². The average molecular weight is 295 g/mol. The van der Waals surface area contributed by atoms with E-state index in [1.54, 1.807) is 6.07 Å². The fourth-order valence-electron chi connectivity index (χ4n) is 2.82. The Bertz CT molecular complexity index is 737. The van der Waals surface area contributed by atoms with Crippen LogP contribution in [0.1, 0.15) is 21.5 Å². The van der Waals surface area contributed by atoms with Gasteiger partial charge in [0, 0.05) is 0 Å². The monoisotopic (exact) mass is 295 g/mol. The summed E-state index contributed by atoms with van der Waals surface area (Å²) in [6, 6.07) is 13.2. The van der Waals surface area contributed by atoms with Crippen LogP contribution in [-0.2, 0) is 4.79 Å². The van der Waals surface area contributed by atoms with Crippen molar-refractivity contribution in [1.82, 2.24) is 0 Å². The predicted octanol–water partition coefficient (Wildman–Crippen LogP) is 2.91. The number of para-hydroxylation sites is 1. The van der Waals surface area contributed by atoms with Gasteiger partial charge in [0.25, 0.3) is 11.7 Å². The van der Waals surface area contributed by atoms with Gasteiger partial charge in [0.05, 0.1) is 17.8 Å². The summed E-state index contributed by atoms with van der Waals surface area (Å²) in [5.74, 6) is -0.150. The number of amides is 1. The number of hydrogen-bond donors (Lipinski definition) is 0. The van der Waals surface area contributed by atoms with Gasteiger partial charge >= 0.3 is 0 Å². The second kappa shape index (κ2) is 5.64. The normalized spacial score (nSPS) is 13.5. The molecule has 1 aliphatic rings. The quantitative estimate of drug-likeness (QED) is 0.815. The summed E-state index contributed by atoms with van der Waals surface area (Å²) < 4.78 is 5.62. The van der Waals surface area contributed by atoms with Crippen molar-refractivity contribution >= 4 is 17.4 Å². The Balaban J connectivity index is 1.78. The van der Waals surface area contributed by atoms with E-state index in [1.165, 1.54) is 4.90 Å². The summed E-state index contributed by atoms with van der Waals surface area (Å²) in [6.07, 6.45) is 0. The van der Waals surface area contributed by atoms with E-state index >= 15 is 0 Å². The molecule has 0 saturated heterocycles. The molecular weight excluding hydrogens is 278 g/mol. The second-order valence-electron chi connectivity index (χ2n) is 5.43. The Labute approximate surface area is 129 Å². The highest BCUT2D eigenvalue weighted by Gasteiger charge is 2.36. The minimum atomic E-state index is -0.472. The first kappa shape index (κ1) is 14.3. The minimum Gasteiger partial charge on any atom is -0.492 e. The lowest BCUT2D eigenvalue weighted by atomic mass is 10.0. The number of ketones is 1. The van der Waals surface area contributed by atoms with E-state index in [1.807, 2.05) is 50.2 Å². The number of anilines is 1. The van der Waals surface area contributed by atoms with Crippen LogP contribution in [0.4, 0.5) is 5.69 Å². The molecule has 0 fully saturated rings. The smallest absolute Gasteiger partial charge is 0.299 e. The SMILES string of the molecule is Cc1cc(C)c2c(c1)C(=O)C(=O)N2CCOc1ccccc1. The van der Waals surface area contributed by atoms with Crippen molar-refractivity contribution in [3.63, 3.8) is 0 Å². The zero-order valence-corrected chi connectivity index (χ0v) is 12.6. The summed E-state index contributed by atoms with van der Waals surface area (Å²) in [7, 11) is 0. The van der Waals surface area contributed by atoms with Crippen LogP contribution >= 0.6 is 0 Å². The number of carbonyl (C=O) groups is 2.